The number of rotatable bonds is 3. The molecule has 3 N–H and O–H groups in total. The highest BCUT2D eigenvalue weighted by atomic mass is 16.3. The number of nitrogens with zero attached hydrogens (tertiary/aromatic N) is 1. The molecule has 0 saturated heterocycles. The number of pyridine rings is 1. The van der Waals surface area contributed by atoms with Crippen molar-refractivity contribution in [2.24, 2.45) is 5.73 Å². The molecule has 15 heavy (non-hydrogen) atoms. The van der Waals surface area contributed by atoms with Crippen molar-refractivity contribution < 1.29 is 5.11 Å². The van der Waals surface area contributed by atoms with Crippen molar-refractivity contribution in [3.8, 4) is 0 Å². The molecule has 0 spiro atoms. The molecule has 1 heterocycles. The Hall–Kier alpha value is -1.45. The van der Waals surface area contributed by atoms with Gasteiger partial charge in [-0.15, -0.1) is 0 Å². The third kappa shape index (κ3) is 1.98. The lowest BCUT2D eigenvalue weighted by Gasteiger charge is -2.12. The number of benzene rings is 1. The van der Waals surface area contributed by atoms with Crippen molar-refractivity contribution in [3.63, 3.8) is 0 Å². The Morgan fingerprint density at radius 2 is 2.07 bits per heavy atom. The van der Waals surface area contributed by atoms with E-state index in [0.717, 1.165) is 16.5 Å². The zero-order valence-corrected chi connectivity index (χ0v) is 8.43. The molecule has 0 aliphatic heterocycles. The Kier molecular flexibility index (Phi) is 2.94. The minimum absolute atomic E-state index is 0.102. The fourth-order valence-electron chi connectivity index (χ4n) is 1.72. The second kappa shape index (κ2) is 4.38. The number of fused-ring (bicyclic) bond motifs is 1. The molecule has 0 saturated carbocycles. The van der Waals surface area contributed by atoms with Crippen molar-refractivity contribution in [2.45, 2.75) is 12.5 Å². The van der Waals surface area contributed by atoms with Crippen molar-refractivity contribution in [1.29, 1.82) is 0 Å². The first-order valence-electron chi connectivity index (χ1n) is 5.03. The summed E-state index contributed by atoms with van der Waals surface area (Å²) >= 11 is 0. The van der Waals surface area contributed by atoms with Gasteiger partial charge in [-0.1, -0.05) is 24.3 Å². The highest BCUT2D eigenvalue weighted by molar-refractivity contribution is 5.81. The molecule has 78 valence electrons. The van der Waals surface area contributed by atoms with Gasteiger partial charge in [0.05, 0.1) is 5.52 Å². The molecule has 1 aromatic heterocycles. The molecule has 1 unspecified atom stereocenters. The molecule has 2 rings (SSSR count). The van der Waals surface area contributed by atoms with E-state index >= 15 is 0 Å². The molecule has 3 heteroatoms. The van der Waals surface area contributed by atoms with Crippen LogP contribution in [0.1, 0.15) is 18.0 Å². The number of hydrogen-bond donors (Lipinski definition) is 2. The van der Waals surface area contributed by atoms with E-state index in [9.17, 15) is 0 Å². The largest absolute Gasteiger partial charge is 0.396 e. The number of hydrogen-bond acceptors (Lipinski definition) is 3. The number of aliphatic hydroxyl groups is 1. The molecule has 2 aromatic rings. The number of para-hydroxylation sites is 1. The Labute approximate surface area is 88.6 Å². The van der Waals surface area contributed by atoms with E-state index in [0.29, 0.717) is 6.42 Å². The van der Waals surface area contributed by atoms with E-state index < -0.39 is 0 Å². The Balaban J connectivity index is 2.50. The van der Waals surface area contributed by atoms with Gasteiger partial charge in [0.2, 0.25) is 0 Å². The van der Waals surface area contributed by atoms with Crippen LogP contribution in [0.3, 0.4) is 0 Å². The molecular formula is C12H14N2O. The molecular weight excluding hydrogens is 188 g/mol. The van der Waals surface area contributed by atoms with Crippen LogP contribution in [0.2, 0.25) is 0 Å². The standard InChI is InChI=1S/C12H14N2O/c13-11(6-8-15)10-5-1-3-9-4-2-7-14-12(9)10/h1-5,7,11,15H,6,8,13H2. The van der Waals surface area contributed by atoms with Crippen LogP contribution in [0.4, 0.5) is 0 Å². The summed E-state index contributed by atoms with van der Waals surface area (Å²) in [5.74, 6) is 0. The van der Waals surface area contributed by atoms with Gasteiger partial charge >= 0.3 is 0 Å². The lowest BCUT2D eigenvalue weighted by atomic mass is 10.0. The lowest BCUT2D eigenvalue weighted by Crippen LogP contribution is -2.12. The highest BCUT2D eigenvalue weighted by Gasteiger charge is 2.09. The minimum atomic E-state index is -0.145. The third-order valence-corrected chi connectivity index (χ3v) is 2.50. The second-order valence-corrected chi connectivity index (χ2v) is 3.54. The molecule has 0 fully saturated rings. The fourth-order valence-corrected chi connectivity index (χ4v) is 1.72. The summed E-state index contributed by atoms with van der Waals surface area (Å²) in [4.78, 5) is 4.32. The summed E-state index contributed by atoms with van der Waals surface area (Å²) in [5.41, 5.74) is 7.91. The van der Waals surface area contributed by atoms with E-state index in [1.54, 1.807) is 6.20 Å². The summed E-state index contributed by atoms with van der Waals surface area (Å²) in [6.07, 6.45) is 2.33. The first-order valence-corrected chi connectivity index (χ1v) is 5.03. The van der Waals surface area contributed by atoms with Gasteiger partial charge < -0.3 is 10.8 Å². The number of aromatic nitrogens is 1. The summed E-state index contributed by atoms with van der Waals surface area (Å²) < 4.78 is 0. The van der Waals surface area contributed by atoms with Crippen molar-refractivity contribution in [3.05, 3.63) is 42.1 Å². The van der Waals surface area contributed by atoms with Crippen LogP contribution in [-0.4, -0.2) is 16.7 Å². The smallest absolute Gasteiger partial charge is 0.0749 e. The predicted octanol–water partition coefficient (Wildman–Crippen LogP) is 1.62. The van der Waals surface area contributed by atoms with Crippen LogP contribution in [0.25, 0.3) is 10.9 Å². The van der Waals surface area contributed by atoms with E-state index in [4.69, 9.17) is 10.8 Å². The summed E-state index contributed by atoms with van der Waals surface area (Å²) in [5, 5.41) is 9.96. The first-order chi connectivity index (χ1) is 7.33. The minimum Gasteiger partial charge on any atom is -0.396 e. The predicted molar refractivity (Wildman–Crippen MR) is 60.4 cm³/mol. The van der Waals surface area contributed by atoms with E-state index in [-0.39, 0.29) is 12.6 Å². The average Bonchev–Trinajstić information content (AvgIpc) is 2.28. The summed E-state index contributed by atoms with van der Waals surface area (Å²) in [6, 6.07) is 9.72. The van der Waals surface area contributed by atoms with E-state index in [2.05, 4.69) is 4.98 Å². The van der Waals surface area contributed by atoms with Gasteiger partial charge in [-0.05, 0) is 18.1 Å². The maximum atomic E-state index is 8.87. The van der Waals surface area contributed by atoms with Crippen LogP contribution < -0.4 is 5.73 Å². The van der Waals surface area contributed by atoms with E-state index in [1.165, 1.54) is 0 Å². The zero-order valence-electron chi connectivity index (χ0n) is 8.43. The molecule has 1 aromatic carbocycles. The van der Waals surface area contributed by atoms with E-state index in [1.807, 2.05) is 30.3 Å². The number of aliphatic hydroxyl groups excluding tert-OH is 1. The van der Waals surface area contributed by atoms with Crippen LogP contribution >= 0.6 is 0 Å². The Morgan fingerprint density at radius 1 is 1.27 bits per heavy atom. The monoisotopic (exact) mass is 202 g/mol. The molecule has 0 amide bonds. The van der Waals surface area contributed by atoms with Gasteiger partial charge in [0.15, 0.2) is 0 Å². The lowest BCUT2D eigenvalue weighted by molar-refractivity contribution is 0.277. The van der Waals surface area contributed by atoms with Crippen LogP contribution in [0, 0.1) is 0 Å². The van der Waals surface area contributed by atoms with Gasteiger partial charge in [-0.25, -0.2) is 0 Å². The number of nitrogens with two attached hydrogens (primary N) is 1. The van der Waals surface area contributed by atoms with Crippen LogP contribution in [0.15, 0.2) is 36.5 Å². The normalized spacial score (nSPS) is 12.9. The molecule has 0 radical (unpaired) electrons. The molecule has 1 atom stereocenters. The maximum absolute atomic E-state index is 8.87. The van der Waals surface area contributed by atoms with Crippen molar-refractivity contribution in [2.75, 3.05) is 6.61 Å². The zero-order chi connectivity index (χ0) is 10.7. The average molecular weight is 202 g/mol. The van der Waals surface area contributed by atoms with Crippen LogP contribution in [0.5, 0.6) is 0 Å². The Bertz CT molecular complexity index is 451. The SMILES string of the molecule is NC(CCO)c1cccc2cccnc12. The molecule has 0 aliphatic rings. The highest BCUT2D eigenvalue weighted by Crippen LogP contribution is 2.22. The molecule has 0 bridgehead atoms. The van der Waals surface area contributed by atoms with Gasteiger partial charge in [0, 0.05) is 24.2 Å². The molecule has 0 aliphatic carbocycles. The van der Waals surface area contributed by atoms with Gasteiger partial charge in [-0.3, -0.25) is 4.98 Å². The second-order valence-electron chi connectivity index (χ2n) is 3.54. The van der Waals surface area contributed by atoms with Gasteiger partial charge in [-0.2, -0.15) is 0 Å². The summed E-state index contributed by atoms with van der Waals surface area (Å²) in [6.45, 7) is 0.102. The van der Waals surface area contributed by atoms with Gasteiger partial charge in [0.1, 0.15) is 0 Å². The van der Waals surface area contributed by atoms with Crippen molar-refractivity contribution in [1.82, 2.24) is 4.98 Å². The molecule has 3 nitrogen and oxygen atoms in total. The maximum Gasteiger partial charge on any atom is 0.0749 e. The van der Waals surface area contributed by atoms with Crippen molar-refractivity contribution >= 4 is 10.9 Å². The van der Waals surface area contributed by atoms with Gasteiger partial charge in [0.25, 0.3) is 0 Å². The summed E-state index contributed by atoms with van der Waals surface area (Å²) in [7, 11) is 0. The topological polar surface area (TPSA) is 59.1 Å². The van der Waals surface area contributed by atoms with Crippen LogP contribution in [-0.2, 0) is 0 Å². The fraction of sp³-hybridized carbons (Fsp3) is 0.250. The third-order valence-electron chi connectivity index (χ3n) is 2.50. The quantitative estimate of drug-likeness (QED) is 0.795. The first kappa shape index (κ1) is 10.1. The Morgan fingerprint density at radius 3 is 2.87 bits per heavy atom.